The molecule has 1 aromatic heterocycles. The lowest BCUT2D eigenvalue weighted by Crippen LogP contribution is -2.56. The van der Waals surface area contributed by atoms with Crippen molar-refractivity contribution in [2.75, 3.05) is 6.61 Å². The highest BCUT2D eigenvalue weighted by molar-refractivity contribution is 9.10. The zero-order valence-electron chi connectivity index (χ0n) is 9.04. The van der Waals surface area contributed by atoms with Crippen LogP contribution < -0.4 is 5.32 Å². The van der Waals surface area contributed by atoms with Gasteiger partial charge in [0.1, 0.15) is 5.15 Å². The first-order valence-electron chi connectivity index (χ1n) is 5.31. The molecule has 0 spiro atoms. The summed E-state index contributed by atoms with van der Waals surface area (Å²) in [5, 5.41) is 12.3. The second kappa shape index (κ2) is 4.92. The van der Waals surface area contributed by atoms with Gasteiger partial charge >= 0.3 is 0 Å². The molecule has 1 aliphatic carbocycles. The van der Waals surface area contributed by atoms with E-state index in [0.29, 0.717) is 10.0 Å². The molecule has 1 saturated carbocycles. The standard InChI is InChI=1S/C11H12BrClN2O2/c12-7-4-8(9(13)14-5-7)10(17)15-11(6-16)2-1-3-11/h4-5,16H,1-3,6H2,(H,15,17). The molecule has 0 atom stereocenters. The first kappa shape index (κ1) is 12.8. The van der Waals surface area contributed by atoms with Crippen molar-refractivity contribution in [2.45, 2.75) is 24.8 Å². The minimum Gasteiger partial charge on any atom is -0.394 e. The number of aromatic nitrogens is 1. The summed E-state index contributed by atoms with van der Waals surface area (Å²) in [4.78, 5) is 15.9. The SMILES string of the molecule is O=C(NC1(CO)CCC1)c1cc(Br)cnc1Cl. The maximum Gasteiger partial charge on any atom is 0.254 e. The summed E-state index contributed by atoms with van der Waals surface area (Å²) in [5.41, 5.74) is -0.149. The summed E-state index contributed by atoms with van der Waals surface area (Å²) in [6, 6.07) is 1.62. The topological polar surface area (TPSA) is 62.2 Å². The zero-order chi connectivity index (χ0) is 12.5. The van der Waals surface area contributed by atoms with Crippen LogP contribution in [-0.4, -0.2) is 28.1 Å². The quantitative estimate of drug-likeness (QED) is 0.839. The summed E-state index contributed by atoms with van der Waals surface area (Å²) >= 11 is 9.11. The van der Waals surface area contributed by atoms with Gasteiger partial charge in [-0.05, 0) is 41.3 Å². The average Bonchev–Trinajstić information content (AvgIpc) is 2.26. The molecule has 1 aliphatic rings. The number of carbonyl (C=O) groups excluding carboxylic acids is 1. The Kier molecular flexibility index (Phi) is 3.70. The third-order valence-corrected chi connectivity index (χ3v) is 3.78. The fraction of sp³-hybridized carbons (Fsp3) is 0.455. The number of hydrogen-bond donors (Lipinski definition) is 2. The van der Waals surface area contributed by atoms with Crippen molar-refractivity contribution >= 4 is 33.4 Å². The van der Waals surface area contributed by atoms with E-state index in [-0.39, 0.29) is 17.7 Å². The van der Waals surface area contributed by atoms with Crippen LogP contribution in [0.3, 0.4) is 0 Å². The lowest BCUT2D eigenvalue weighted by molar-refractivity contribution is 0.0641. The number of amides is 1. The zero-order valence-corrected chi connectivity index (χ0v) is 11.4. The molecule has 0 aliphatic heterocycles. The predicted octanol–water partition coefficient (Wildman–Crippen LogP) is 2.14. The largest absolute Gasteiger partial charge is 0.394 e. The number of nitrogens with one attached hydrogen (secondary N) is 1. The van der Waals surface area contributed by atoms with Crippen molar-refractivity contribution in [1.29, 1.82) is 0 Å². The van der Waals surface area contributed by atoms with Crippen LogP contribution in [-0.2, 0) is 0 Å². The summed E-state index contributed by atoms with van der Waals surface area (Å²) in [5.74, 6) is -0.294. The van der Waals surface area contributed by atoms with E-state index in [2.05, 4.69) is 26.2 Å². The third kappa shape index (κ3) is 2.61. The van der Waals surface area contributed by atoms with E-state index in [1.165, 1.54) is 6.20 Å². The molecule has 0 radical (unpaired) electrons. The van der Waals surface area contributed by atoms with Gasteiger partial charge in [-0.2, -0.15) is 0 Å². The molecule has 4 nitrogen and oxygen atoms in total. The van der Waals surface area contributed by atoms with Gasteiger partial charge in [0.2, 0.25) is 0 Å². The lowest BCUT2D eigenvalue weighted by Gasteiger charge is -2.40. The summed E-state index contributed by atoms with van der Waals surface area (Å²) in [6.07, 6.45) is 4.15. The summed E-state index contributed by atoms with van der Waals surface area (Å²) in [7, 11) is 0. The highest BCUT2D eigenvalue weighted by atomic mass is 79.9. The van der Waals surface area contributed by atoms with Gasteiger partial charge in [0, 0.05) is 10.7 Å². The molecule has 0 unspecified atom stereocenters. The second-order valence-corrected chi connectivity index (χ2v) is 5.51. The van der Waals surface area contributed by atoms with Gasteiger partial charge in [0.05, 0.1) is 17.7 Å². The summed E-state index contributed by atoms with van der Waals surface area (Å²) in [6.45, 7) is -0.0439. The van der Waals surface area contributed by atoms with Gasteiger partial charge < -0.3 is 10.4 Å². The van der Waals surface area contributed by atoms with E-state index in [1.54, 1.807) is 6.07 Å². The Labute approximate surface area is 113 Å². The maximum absolute atomic E-state index is 12.0. The van der Waals surface area contributed by atoms with E-state index in [9.17, 15) is 9.90 Å². The van der Waals surface area contributed by atoms with E-state index in [0.717, 1.165) is 19.3 Å². The maximum atomic E-state index is 12.0. The first-order chi connectivity index (χ1) is 8.06. The van der Waals surface area contributed by atoms with Crippen molar-refractivity contribution in [3.8, 4) is 0 Å². The van der Waals surface area contributed by atoms with Crippen LogP contribution in [0.2, 0.25) is 5.15 Å². The second-order valence-electron chi connectivity index (χ2n) is 4.24. The lowest BCUT2D eigenvalue weighted by atomic mass is 9.77. The third-order valence-electron chi connectivity index (χ3n) is 3.04. The van der Waals surface area contributed by atoms with Crippen LogP contribution in [0.1, 0.15) is 29.6 Å². The molecule has 2 N–H and O–H groups in total. The van der Waals surface area contributed by atoms with Crippen molar-refractivity contribution in [3.05, 3.63) is 27.5 Å². The fourth-order valence-electron chi connectivity index (χ4n) is 1.82. The predicted molar refractivity (Wildman–Crippen MR) is 68.1 cm³/mol. The van der Waals surface area contributed by atoms with Gasteiger partial charge in [0.15, 0.2) is 0 Å². The number of aliphatic hydroxyl groups excluding tert-OH is 1. The molecule has 1 aromatic rings. The fourth-order valence-corrected chi connectivity index (χ4v) is 2.34. The van der Waals surface area contributed by atoms with Gasteiger partial charge in [-0.1, -0.05) is 11.6 Å². The monoisotopic (exact) mass is 318 g/mol. The highest BCUT2D eigenvalue weighted by Gasteiger charge is 2.38. The van der Waals surface area contributed by atoms with Crippen LogP contribution in [0.25, 0.3) is 0 Å². The molecule has 6 heteroatoms. The van der Waals surface area contributed by atoms with Crippen LogP contribution in [0.4, 0.5) is 0 Å². The Morgan fingerprint density at radius 2 is 2.35 bits per heavy atom. The Bertz CT molecular complexity index is 444. The Hall–Kier alpha value is -0.650. The molecule has 0 saturated heterocycles. The molecule has 17 heavy (non-hydrogen) atoms. The van der Waals surface area contributed by atoms with Crippen molar-refractivity contribution in [2.24, 2.45) is 0 Å². The van der Waals surface area contributed by atoms with Gasteiger partial charge in [-0.15, -0.1) is 0 Å². The average molecular weight is 320 g/mol. The summed E-state index contributed by atoms with van der Waals surface area (Å²) < 4.78 is 0.693. The molecule has 1 amide bonds. The number of hydrogen-bond acceptors (Lipinski definition) is 3. The Morgan fingerprint density at radius 1 is 1.65 bits per heavy atom. The minimum atomic E-state index is -0.470. The van der Waals surface area contributed by atoms with E-state index in [4.69, 9.17) is 11.6 Å². The number of rotatable bonds is 3. The normalized spacial score (nSPS) is 17.4. The molecule has 2 rings (SSSR count). The van der Waals surface area contributed by atoms with Crippen molar-refractivity contribution < 1.29 is 9.90 Å². The number of aliphatic hydroxyl groups is 1. The van der Waals surface area contributed by atoms with Crippen molar-refractivity contribution in [3.63, 3.8) is 0 Å². The molecule has 1 heterocycles. The molecular formula is C11H12BrClN2O2. The van der Waals surface area contributed by atoms with Gasteiger partial charge in [-0.25, -0.2) is 4.98 Å². The first-order valence-corrected chi connectivity index (χ1v) is 6.48. The number of nitrogens with zero attached hydrogens (tertiary/aromatic N) is 1. The number of halogens is 2. The van der Waals surface area contributed by atoms with Crippen LogP contribution in [0, 0.1) is 0 Å². The molecular weight excluding hydrogens is 307 g/mol. The molecule has 92 valence electrons. The number of carbonyl (C=O) groups is 1. The molecule has 1 fully saturated rings. The Balaban J connectivity index is 2.17. The smallest absolute Gasteiger partial charge is 0.254 e. The van der Waals surface area contributed by atoms with E-state index < -0.39 is 5.54 Å². The molecule has 0 bridgehead atoms. The Morgan fingerprint density at radius 3 is 2.88 bits per heavy atom. The van der Waals surface area contributed by atoms with Crippen LogP contribution >= 0.6 is 27.5 Å². The van der Waals surface area contributed by atoms with E-state index in [1.807, 2.05) is 0 Å². The van der Waals surface area contributed by atoms with Crippen molar-refractivity contribution in [1.82, 2.24) is 10.3 Å². The number of pyridine rings is 1. The van der Waals surface area contributed by atoms with Crippen LogP contribution in [0.15, 0.2) is 16.7 Å². The highest BCUT2D eigenvalue weighted by Crippen LogP contribution is 2.32. The van der Waals surface area contributed by atoms with Crippen LogP contribution in [0.5, 0.6) is 0 Å². The van der Waals surface area contributed by atoms with Gasteiger partial charge in [0.25, 0.3) is 5.91 Å². The van der Waals surface area contributed by atoms with E-state index >= 15 is 0 Å². The molecule has 0 aromatic carbocycles. The van der Waals surface area contributed by atoms with Gasteiger partial charge in [-0.3, -0.25) is 4.79 Å². The minimum absolute atomic E-state index is 0.0439.